The number of nitrogens with zero attached hydrogens (tertiary/aromatic N) is 3. The minimum Gasteiger partial charge on any atom is -0.354 e. The second-order valence-corrected chi connectivity index (χ2v) is 6.81. The smallest absolute Gasteiger partial charge is 0.133 e. The average Bonchev–Trinajstić information content (AvgIpc) is 3.25. The normalized spacial score (nSPS) is 20.4. The molecule has 2 fully saturated rings. The fourth-order valence-electron chi connectivity index (χ4n) is 2.89. The number of anilines is 1. The number of aromatic nitrogens is 1. The van der Waals surface area contributed by atoms with Crippen LogP contribution < -0.4 is 10.2 Å². The van der Waals surface area contributed by atoms with Crippen molar-refractivity contribution in [1.29, 1.82) is 0 Å². The zero-order valence-corrected chi connectivity index (χ0v) is 13.7. The van der Waals surface area contributed by atoms with Gasteiger partial charge in [-0.2, -0.15) is 0 Å². The van der Waals surface area contributed by atoms with Crippen LogP contribution in [0.25, 0.3) is 0 Å². The fraction of sp³-hybridized carbons (Fsp3) is 0.667. The fourth-order valence-corrected chi connectivity index (χ4v) is 3.27. The van der Waals surface area contributed by atoms with Gasteiger partial charge < -0.3 is 10.2 Å². The van der Waals surface area contributed by atoms with E-state index in [2.05, 4.69) is 42.1 Å². The molecule has 110 valence electrons. The third-order valence-electron chi connectivity index (χ3n) is 4.16. The predicted octanol–water partition coefficient (Wildman–Crippen LogP) is 2.10. The Morgan fingerprint density at radius 2 is 2.05 bits per heavy atom. The molecule has 1 aromatic rings. The molecule has 0 spiro atoms. The third-order valence-corrected chi connectivity index (χ3v) is 4.60. The molecule has 20 heavy (non-hydrogen) atoms. The second-order valence-electron chi connectivity index (χ2n) is 5.90. The lowest BCUT2D eigenvalue weighted by atomic mass is 10.2. The monoisotopic (exact) mass is 338 g/mol. The van der Waals surface area contributed by atoms with E-state index in [1.807, 2.05) is 13.2 Å². The molecule has 0 aromatic carbocycles. The van der Waals surface area contributed by atoms with E-state index in [1.165, 1.54) is 38.0 Å². The second kappa shape index (κ2) is 6.41. The zero-order valence-electron chi connectivity index (χ0n) is 12.1. The molecule has 0 atom stereocenters. The molecule has 1 saturated heterocycles. The van der Waals surface area contributed by atoms with Crippen molar-refractivity contribution in [2.45, 2.75) is 19.4 Å². The van der Waals surface area contributed by atoms with Crippen molar-refractivity contribution < 1.29 is 0 Å². The molecule has 2 heterocycles. The maximum absolute atomic E-state index is 4.64. The molecule has 2 aliphatic rings. The van der Waals surface area contributed by atoms with Crippen LogP contribution in [-0.2, 0) is 6.54 Å². The van der Waals surface area contributed by atoms with Crippen molar-refractivity contribution in [2.24, 2.45) is 5.92 Å². The van der Waals surface area contributed by atoms with Gasteiger partial charge in [-0.05, 0) is 47.8 Å². The summed E-state index contributed by atoms with van der Waals surface area (Å²) < 4.78 is 1.05. The van der Waals surface area contributed by atoms with Crippen LogP contribution in [0.15, 0.2) is 16.7 Å². The highest BCUT2D eigenvalue weighted by Gasteiger charge is 2.27. The summed E-state index contributed by atoms with van der Waals surface area (Å²) in [5.41, 5.74) is 1.28. The van der Waals surface area contributed by atoms with Crippen LogP contribution in [0.1, 0.15) is 18.4 Å². The maximum atomic E-state index is 4.64. The van der Waals surface area contributed by atoms with Crippen molar-refractivity contribution in [3.8, 4) is 0 Å². The van der Waals surface area contributed by atoms with Crippen LogP contribution in [-0.4, -0.2) is 49.7 Å². The van der Waals surface area contributed by atoms with Crippen LogP contribution in [0.2, 0.25) is 0 Å². The Balaban J connectivity index is 1.64. The van der Waals surface area contributed by atoms with Gasteiger partial charge in [0.1, 0.15) is 5.82 Å². The van der Waals surface area contributed by atoms with E-state index in [1.54, 1.807) is 0 Å². The van der Waals surface area contributed by atoms with Crippen molar-refractivity contribution in [1.82, 2.24) is 15.2 Å². The minimum atomic E-state index is 0.865. The lowest BCUT2D eigenvalue weighted by Gasteiger charge is -2.36. The SMILES string of the molecule is CNCc1cc(Br)cnc1N1CCN(CC2CC2)CC1. The van der Waals surface area contributed by atoms with Crippen molar-refractivity contribution in [3.05, 3.63) is 22.3 Å². The first-order valence-corrected chi connectivity index (χ1v) is 8.32. The summed E-state index contributed by atoms with van der Waals surface area (Å²) in [5, 5.41) is 3.24. The maximum Gasteiger partial charge on any atom is 0.133 e. The van der Waals surface area contributed by atoms with E-state index in [0.29, 0.717) is 0 Å². The summed E-state index contributed by atoms with van der Waals surface area (Å²) in [5.74, 6) is 2.14. The van der Waals surface area contributed by atoms with Crippen LogP contribution in [0.5, 0.6) is 0 Å². The number of hydrogen-bond acceptors (Lipinski definition) is 4. The summed E-state index contributed by atoms with van der Waals surface area (Å²) in [6.07, 6.45) is 4.80. The van der Waals surface area contributed by atoms with Crippen LogP contribution >= 0.6 is 15.9 Å². The highest BCUT2D eigenvalue weighted by Crippen LogP contribution is 2.30. The van der Waals surface area contributed by atoms with Gasteiger partial charge in [-0.15, -0.1) is 0 Å². The largest absolute Gasteiger partial charge is 0.354 e. The Kier molecular flexibility index (Phi) is 4.58. The molecule has 1 aromatic heterocycles. The van der Waals surface area contributed by atoms with Crippen LogP contribution in [0, 0.1) is 5.92 Å². The number of pyridine rings is 1. The van der Waals surface area contributed by atoms with Gasteiger partial charge in [0, 0.05) is 55.5 Å². The first-order valence-electron chi connectivity index (χ1n) is 7.52. The molecular weight excluding hydrogens is 316 g/mol. The van der Waals surface area contributed by atoms with Gasteiger partial charge in [0.25, 0.3) is 0 Å². The van der Waals surface area contributed by atoms with Gasteiger partial charge in [0.05, 0.1) is 0 Å². The van der Waals surface area contributed by atoms with E-state index in [0.717, 1.165) is 35.8 Å². The van der Waals surface area contributed by atoms with E-state index < -0.39 is 0 Å². The van der Waals surface area contributed by atoms with Gasteiger partial charge in [-0.25, -0.2) is 4.98 Å². The number of piperazine rings is 1. The molecule has 3 rings (SSSR count). The van der Waals surface area contributed by atoms with E-state index in [4.69, 9.17) is 0 Å². The molecule has 5 heteroatoms. The molecule has 1 aliphatic carbocycles. The number of hydrogen-bond donors (Lipinski definition) is 1. The molecule has 0 radical (unpaired) electrons. The Morgan fingerprint density at radius 3 is 2.70 bits per heavy atom. The molecule has 1 N–H and O–H groups in total. The molecule has 0 unspecified atom stereocenters. The van der Waals surface area contributed by atoms with Gasteiger partial charge in [0.2, 0.25) is 0 Å². The first kappa shape index (κ1) is 14.3. The summed E-state index contributed by atoms with van der Waals surface area (Å²) in [6, 6.07) is 2.18. The molecule has 0 bridgehead atoms. The Bertz CT molecular complexity index is 453. The van der Waals surface area contributed by atoms with Gasteiger partial charge >= 0.3 is 0 Å². The summed E-state index contributed by atoms with van der Waals surface area (Å²) in [6.45, 7) is 6.71. The van der Waals surface area contributed by atoms with Crippen molar-refractivity contribution in [2.75, 3.05) is 44.7 Å². The average molecular weight is 339 g/mol. The molecule has 1 saturated carbocycles. The van der Waals surface area contributed by atoms with Gasteiger partial charge in [-0.1, -0.05) is 0 Å². The number of nitrogens with one attached hydrogen (secondary N) is 1. The zero-order chi connectivity index (χ0) is 13.9. The van der Waals surface area contributed by atoms with Crippen LogP contribution in [0.4, 0.5) is 5.82 Å². The number of halogens is 1. The predicted molar refractivity (Wildman–Crippen MR) is 86.1 cm³/mol. The molecule has 0 amide bonds. The molecular formula is C15H23BrN4. The Hall–Kier alpha value is -0.650. The third kappa shape index (κ3) is 3.51. The van der Waals surface area contributed by atoms with E-state index in [-0.39, 0.29) is 0 Å². The topological polar surface area (TPSA) is 31.4 Å². The van der Waals surface area contributed by atoms with Crippen molar-refractivity contribution in [3.63, 3.8) is 0 Å². The van der Waals surface area contributed by atoms with Gasteiger partial charge in [-0.3, -0.25) is 4.90 Å². The molecule has 1 aliphatic heterocycles. The number of rotatable bonds is 5. The van der Waals surface area contributed by atoms with Crippen LogP contribution in [0.3, 0.4) is 0 Å². The minimum absolute atomic E-state index is 0.865. The summed E-state index contributed by atoms with van der Waals surface area (Å²) in [4.78, 5) is 9.69. The highest BCUT2D eigenvalue weighted by atomic mass is 79.9. The Morgan fingerprint density at radius 1 is 1.30 bits per heavy atom. The highest BCUT2D eigenvalue weighted by molar-refractivity contribution is 9.10. The standard InChI is InChI=1S/C15H23BrN4/c1-17-9-13-8-14(16)10-18-15(13)20-6-4-19(5-7-20)11-12-2-3-12/h8,10,12,17H,2-7,9,11H2,1H3. The lowest BCUT2D eigenvalue weighted by Crippen LogP contribution is -2.47. The van der Waals surface area contributed by atoms with Gasteiger partial charge in [0.15, 0.2) is 0 Å². The first-order chi connectivity index (χ1) is 9.76. The summed E-state index contributed by atoms with van der Waals surface area (Å²) in [7, 11) is 1.98. The van der Waals surface area contributed by atoms with Crippen molar-refractivity contribution >= 4 is 21.7 Å². The molecule has 4 nitrogen and oxygen atoms in total. The quantitative estimate of drug-likeness (QED) is 0.890. The van der Waals surface area contributed by atoms with E-state index >= 15 is 0 Å². The summed E-state index contributed by atoms with van der Waals surface area (Å²) >= 11 is 3.52. The van der Waals surface area contributed by atoms with E-state index in [9.17, 15) is 0 Å². The lowest BCUT2D eigenvalue weighted by molar-refractivity contribution is 0.247. The Labute approximate surface area is 129 Å².